The Morgan fingerprint density at radius 3 is 2.53 bits per heavy atom. The number of nitrogens with zero attached hydrogens (tertiary/aromatic N) is 2. The van der Waals surface area contributed by atoms with Crippen molar-refractivity contribution in [3.05, 3.63) is 34.3 Å². The van der Waals surface area contributed by atoms with Gasteiger partial charge in [-0.15, -0.1) is 0 Å². The van der Waals surface area contributed by atoms with Crippen molar-refractivity contribution in [3.63, 3.8) is 0 Å². The molecule has 0 unspecified atom stereocenters. The van der Waals surface area contributed by atoms with E-state index in [1.165, 1.54) is 5.56 Å². The Morgan fingerprint density at radius 2 is 1.95 bits per heavy atom. The summed E-state index contributed by atoms with van der Waals surface area (Å²) in [6, 6.07) is 4.05. The van der Waals surface area contributed by atoms with Gasteiger partial charge < -0.3 is 10.6 Å². The lowest BCUT2D eigenvalue weighted by Crippen LogP contribution is -2.18. The molecule has 0 aromatic carbocycles. The van der Waals surface area contributed by atoms with E-state index in [2.05, 4.69) is 58.2 Å². The van der Waals surface area contributed by atoms with Gasteiger partial charge in [0.05, 0.1) is 0 Å². The number of aromatic nitrogens is 2. The molecule has 2 N–H and O–H groups in total. The van der Waals surface area contributed by atoms with Gasteiger partial charge in [0.15, 0.2) is 0 Å². The zero-order valence-electron chi connectivity index (χ0n) is 11.8. The average molecular weight is 276 g/mol. The third-order valence-electron chi connectivity index (χ3n) is 2.71. The fraction of sp³-hybridized carbons (Fsp3) is 0.429. The van der Waals surface area contributed by atoms with Crippen LogP contribution in [-0.4, -0.2) is 17.0 Å². The molecule has 0 atom stereocenters. The highest BCUT2D eigenvalue weighted by atomic mass is 32.1. The van der Waals surface area contributed by atoms with Gasteiger partial charge in [0, 0.05) is 25.1 Å². The van der Waals surface area contributed by atoms with Crippen molar-refractivity contribution in [2.75, 3.05) is 17.7 Å². The molecule has 0 fully saturated rings. The molecule has 4 nitrogen and oxygen atoms in total. The lowest BCUT2D eigenvalue weighted by molar-refractivity contribution is 0.546. The smallest absolute Gasteiger partial charge is 0.138 e. The van der Waals surface area contributed by atoms with Gasteiger partial charge in [-0.2, -0.15) is 11.3 Å². The first-order valence-electron chi connectivity index (χ1n) is 6.31. The molecule has 2 aromatic rings. The van der Waals surface area contributed by atoms with Gasteiger partial charge in [0.2, 0.25) is 0 Å². The van der Waals surface area contributed by atoms with Gasteiger partial charge in [0.1, 0.15) is 17.5 Å². The number of hydrogen-bond donors (Lipinski definition) is 2. The molecule has 19 heavy (non-hydrogen) atoms. The minimum absolute atomic E-state index is 0.0638. The molecule has 0 saturated heterocycles. The van der Waals surface area contributed by atoms with Crippen molar-refractivity contribution < 1.29 is 0 Å². The van der Waals surface area contributed by atoms with Gasteiger partial charge in [-0.05, 0) is 22.4 Å². The predicted octanol–water partition coefficient (Wildman–Crippen LogP) is 3.49. The van der Waals surface area contributed by atoms with Gasteiger partial charge >= 0.3 is 0 Å². The summed E-state index contributed by atoms with van der Waals surface area (Å²) in [5.74, 6) is 2.54. The summed E-state index contributed by atoms with van der Waals surface area (Å²) in [5.41, 5.74) is 1.21. The summed E-state index contributed by atoms with van der Waals surface area (Å²) in [5, 5.41) is 10.7. The SMILES string of the molecule is CNc1cc(NCc2ccsc2)nc(C(C)(C)C)n1. The first-order valence-corrected chi connectivity index (χ1v) is 7.25. The molecular weight excluding hydrogens is 256 g/mol. The second-order valence-electron chi connectivity index (χ2n) is 5.45. The Morgan fingerprint density at radius 1 is 1.21 bits per heavy atom. The van der Waals surface area contributed by atoms with Crippen LogP contribution in [0.5, 0.6) is 0 Å². The second kappa shape index (κ2) is 5.57. The first kappa shape index (κ1) is 13.8. The quantitative estimate of drug-likeness (QED) is 0.897. The van der Waals surface area contributed by atoms with Crippen LogP contribution in [-0.2, 0) is 12.0 Å². The Hall–Kier alpha value is -1.62. The second-order valence-corrected chi connectivity index (χ2v) is 6.23. The van der Waals surface area contributed by atoms with Gasteiger partial charge in [-0.1, -0.05) is 20.8 Å². The van der Waals surface area contributed by atoms with E-state index in [4.69, 9.17) is 0 Å². The third-order valence-corrected chi connectivity index (χ3v) is 3.44. The Kier molecular flexibility index (Phi) is 4.04. The zero-order chi connectivity index (χ0) is 13.9. The lowest BCUT2D eigenvalue weighted by atomic mass is 9.96. The van der Waals surface area contributed by atoms with E-state index < -0.39 is 0 Å². The summed E-state index contributed by atoms with van der Waals surface area (Å²) >= 11 is 1.70. The summed E-state index contributed by atoms with van der Waals surface area (Å²) < 4.78 is 0. The highest BCUT2D eigenvalue weighted by Gasteiger charge is 2.18. The standard InChI is InChI=1S/C14H20N4S/c1-14(2,3)13-17-11(15-4)7-12(18-13)16-8-10-5-6-19-9-10/h5-7,9H,8H2,1-4H3,(H2,15,16,17,18). The molecule has 5 heteroatoms. The maximum atomic E-state index is 4.59. The maximum Gasteiger partial charge on any atom is 0.138 e. The molecule has 2 aromatic heterocycles. The third kappa shape index (κ3) is 3.67. The summed E-state index contributed by atoms with van der Waals surface area (Å²) in [6.45, 7) is 7.13. The Bertz CT molecular complexity index is 529. The topological polar surface area (TPSA) is 49.8 Å². The summed E-state index contributed by atoms with van der Waals surface area (Å²) in [7, 11) is 1.87. The zero-order valence-corrected chi connectivity index (χ0v) is 12.6. The molecule has 0 aliphatic rings. The fourth-order valence-corrected chi connectivity index (χ4v) is 2.26. The van der Waals surface area contributed by atoms with Crippen molar-refractivity contribution in [1.29, 1.82) is 0 Å². The van der Waals surface area contributed by atoms with Crippen LogP contribution in [0.4, 0.5) is 11.6 Å². The van der Waals surface area contributed by atoms with Crippen LogP contribution in [0, 0.1) is 0 Å². The Labute approximate surface area is 118 Å². The highest BCUT2D eigenvalue weighted by Crippen LogP contribution is 2.22. The molecule has 2 rings (SSSR count). The maximum absolute atomic E-state index is 4.59. The van der Waals surface area contributed by atoms with E-state index in [0.717, 1.165) is 24.0 Å². The molecule has 0 radical (unpaired) electrons. The average Bonchev–Trinajstić information content (AvgIpc) is 2.88. The molecule has 0 saturated carbocycles. The molecular formula is C14H20N4S. The van der Waals surface area contributed by atoms with Crippen LogP contribution in [0.1, 0.15) is 32.2 Å². The fourth-order valence-electron chi connectivity index (χ4n) is 1.59. The van der Waals surface area contributed by atoms with Crippen LogP contribution >= 0.6 is 11.3 Å². The van der Waals surface area contributed by atoms with Crippen molar-refractivity contribution in [3.8, 4) is 0 Å². The lowest BCUT2D eigenvalue weighted by Gasteiger charge is -2.18. The minimum atomic E-state index is -0.0638. The minimum Gasteiger partial charge on any atom is -0.373 e. The van der Waals surface area contributed by atoms with Crippen LogP contribution in [0.15, 0.2) is 22.9 Å². The monoisotopic (exact) mass is 276 g/mol. The molecule has 0 aliphatic heterocycles. The van der Waals surface area contributed by atoms with Crippen molar-refractivity contribution in [2.24, 2.45) is 0 Å². The van der Waals surface area contributed by atoms with Gasteiger partial charge in [0.25, 0.3) is 0 Å². The Balaban J connectivity index is 2.19. The largest absolute Gasteiger partial charge is 0.373 e. The van der Waals surface area contributed by atoms with E-state index >= 15 is 0 Å². The van der Waals surface area contributed by atoms with Crippen LogP contribution in [0.25, 0.3) is 0 Å². The number of thiophene rings is 1. The molecule has 2 heterocycles. The van der Waals surface area contributed by atoms with Crippen molar-refractivity contribution >= 4 is 23.0 Å². The molecule has 102 valence electrons. The van der Waals surface area contributed by atoms with E-state index in [-0.39, 0.29) is 5.41 Å². The van der Waals surface area contributed by atoms with Crippen LogP contribution in [0.3, 0.4) is 0 Å². The molecule has 0 aliphatic carbocycles. The number of hydrogen-bond acceptors (Lipinski definition) is 5. The van der Waals surface area contributed by atoms with Gasteiger partial charge in [-0.3, -0.25) is 0 Å². The normalized spacial score (nSPS) is 11.4. The molecule has 0 amide bonds. The highest BCUT2D eigenvalue weighted by molar-refractivity contribution is 7.07. The van der Waals surface area contributed by atoms with Crippen LogP contribution < -0.4 is 10.6 Å². The first-order chi connectivity index (χ1) is 8.99. The van der Waals surface area contributed by atoms with Crippen LogP contribution in [0.2, 0.25) is 0 Å². The summed E-state index contributed by atoms with van der Waals surface area (Å²) in [4.78, 5) is 9.10. The molecule has 0 spiro atoms. The number of anilines is 2. The summed E-state index contributed by atoms with van der Waals surface area (Å²) in [6.07, 6.45) is 0. The van der Waals surface area contributed by atoms with E-state index in [0.29, 0.717) is 0 Å². The van der Waals surface area contributed by atoms with Crippen molar-refractivity contribution in [1.82, 2.24) is 9.97 Å². The predicted molar refractivity (Wildman–Crippen MR) is 81.9 cm³/mol. The number of nitrogens with one attached hydrogen (secondary N) is 2. The van der Waals surface area contributed by atoms with E-state index in [1.54, 1.807) is 11.3 Å². The van der Waals surface area contributed by atoms with Gasteiger partial charge in [-0.25, -0.2) is 9.97 Å². The molecule has 0 bridgehead atoms. The van der Waals surface area contributed by atoms with E-state index in [9.17, 15) is 0 Å². The van der Waals surface area contributed by atoms with E-state index in [1.807, 2.05) is 13.1 Å². The number of rotatable bonds is 4. The van der Waals surface area contributed by atoms with Crippen molar-refractivity contribution in [2.45, 2.75) is 32.7 Å².